The second-order valence-electron chi connectivity index (χ2n) is 7.10. The van der Waals surface area contributed by atoms with Gasteiger partial charge in [0.05, 0.1) is 0 Å². The number of rotatable bonds is 6. The molecule has 0 aliphatic heterocycles. The molecule has 0 heterocycles. The fraction of sp³-hybridized carbons (Fsp3) is 1.00. The first-order chi connectivity index (χ1) is 8.75. The van der Waals surface area contributed by atoms with Crippen molar-refractivity contribution in [3.8, 4) is 0 Å². The Balaban J connectivity index is 1.50. The SMILES string of the molecule is CC(C)C1CCC(NCCCC2CCCC2)CC1. The van der Waals surface area contributed by atoms with E-state index in [2.05, 4.69) is 19.2 Å². The van der Waals surface area contributed by atoms with Crippen LogP contribution in [0.3, 0.4) is 0 Å². The van der Waals surface area contributed by atoms with Crippen molar-refractivity contribution in [1.29, 1.82) is 0 Å². The maximum Gasteiger partial charge on any atom is 0.00672 e. The Morgan fingerprint density at radius 1 is 0.944 bits per heavy atom. The minimum Gasteiger partial charge on any atom is -0.314 e. The Kier molecular flexibility index (Phi) is 6.01. The standard InChI is InChI=1S/C17H33N/c1-14(2)16-9-11-17(12-10-16)18-13-5-8-15-6-3-4-7-15/h14-18H,3-13H2,1-2H3. The van der Waals surface area contributed by atoms with Crippen molar-refractivity contribution in [2.45, 2.75) is 84.1 Å². The van der Waals surface area contributed by atoms with Crippen molar-refractivity contribution >= 4 is 0 Å². The van der Waals surface area contributed by atoms with Gasteiger partial charge in [-0.3, -0.25) is 0 Å². The Morgan fingerprint density at radius 2 is 1.61 bits per heavy atom. The molecule has 0 radical (unpaired) electrons. The van der Waals surface area contributed by atoms with Crippen LogP contribution in [0.5, 0.6) is 0 Å². The summed E-state index contributed by atoms with van der Waals surface area (Å²) >= 11 is 0. The Bertz CT molecular complexity index is 210. The number of nitrogens with one attached hydrogen (secondary N) is 1. The normalized spacial score (nSPS) is 30.2. The van der Waals surface area contributed by atoms with Crippen molar-refractivity contribution in [2.24, 2.45) is 17.8 Å². The van der Waals surface area contributed by atoms with Gasteiger partial charge in [0, 0.05) is 6.04 Å². The van der Waals surface area contributed by atoms with Crippen LogP contribution in [-0.2, 0) is 0 Å². The quantitative estimate of drug-likeness (QED) is 0.671. The predicted molar refractivity (Wildman–Crippen MR) is 79.8 cm³/mol. The zero-order valence-corrected chi connectivity index (χ0v) is 12.6. The highest BCUT2D eigenvalue weighted by atomic mass is 14.9. The minimum atomic E-state index is 0.837. The molecule has 2 saturated carbocycles. The molecule has 0 saturated heterocycles. The van der Waals surface area contributed by atoms with Gasteiger partial charge < -0.3 is 5.32 Å². The van der Waals surface area contributed by atoms with E-state index in [1.807, 2.05) is 0 Å². The topological polar surface area (TPSA) is 12.0 Å². The fourth-order valence-corrected chi connectivity index (χ4v) is 3.99. The maximum absolute atomic E-state index is 3.81. The third-order valence-electron chi connectivity index (χ3n) is 5.41. The van der Waals surface area contributed by atoms with Crippen LogP contribution in [0.25, 0.3) is 0 Å². The summed E-state index contributed by atoms with van der Waals surface area (Å²) in [6.07, 6.45) is 14.7. The summed E-state index contributed by atoms with van der Waals surface area (Å²) in [4.78, 5) is 0. The second-order valence-corrected chi connectivity index (χ2v) is 7.10. The van der Waals surface area contributed by atoms with Crippen LogP contribution in [0.4, 0.5) is 0 Å². The molecule has 106 valence electrons. The second kappa shape index (κ2) is 7.53. The van der Waals surface area contributed by atoms with Crippen LogP contribution in [0, 0.1) is 17.8 Å². The van der Waals surface area contributed by atoms with E-state index in [9.17, 15) is 0 Å². The van der Waals surface area contributed by atoms with Crippen LogP contribution in [0.15, 0.2) is 0 Å². The molecule has 1 nitrogen and oxygen atoms in total. The van der Waals surface area contributed by atoms with Gasteiger partial charge in [-0.2, -0.15) is 0 Å². The molecule has 0 bridgehead atoms. The third-order valence-corrected chi connectivity index (χ3v) is 5.41. The molecule has 0 amide bonds. The van der Waals surface area contributed by atoms with Crippen molar-refractivity contribution < 1.29 is 0 Å². The van der Waals surface area contributed by atoms with E-state index in [0.29, 0.717) is 0 Å². The molecule has 0 aromatic rings. The van der Waals surface area contributed by atoms with Crippen molar-refractivity contribution in [3.63, 3.8) is 0 Å². The monoisotopic (exact) mass is 251 g/mol. The van der Waals surface area contributed by atoms with Gasteiger partial charge in [-0.1, -0.05) is 39.5 Å². The lowest BCUT2D eigenvalue weighted by Crippen LogP contribution is -2.34. The summed E-state index contributed by atoms with van der Waals surface area (Å²) in [6, 6.07) is 0.837. The maximum atomic E-state index is 3.81. The van der Waals surface area contributed by atoms with Gasteiger partial charge in [-0.25, -0.2) is 0 Å². The molecule has 1 N–H and O–H groups in total. The van der Waals surface area contributed by atoms with Gasteiger partial charge in [0.2, 0.25) is 0 Å². The Morgan fingerprint density at radius 3 is 2.22 bits per heavy atom. The van der Waals surface area contributed by atoms with Crippen molar-refractivity contribution in [1.82, 2.24) is 5.32 Å². The van der Waals surface area contributed by atoms with E-state index in [1.165, 1.54) is 70.8 Å². The third kappa shape index (κ3) is 4.57. The molecule has 18 heavy (non-hydrogen) atoms. The summed E-state index contributed by atoms with van der Waals surface area (Å²) in [5, 5.41) is 3.81. The zero-order valence-electron chi connectivity index (χ0n) is 12.6. The smallest absolute Gasteiger partial charge is 0.00672 e. The molecule has 0 aromatic carbocycles. The summed E-state index contributed by atoms with van der Waals surface area (Å²) in [7, 11) is 0. The summed E-state index contributed by atoms with van der Waals surface area (Å²) in [5.74, 6) is 2.97. The highest BCUT2D eigenvalue weighted by molar-refractivity contribution is 4.78. The number of hydrogen-bond acceptors (Lipinski definition) is 1. The highest BCUT2D eigenvalue weighted by Gasteiger charge is 2.22. The van der Waals surface area contributed by atoms with E-state index in [1.54, 1.807) is 0 Å². The Hall–Kier alpha value is -0.0400. The van der Waals surface area contributed by atoms with Crippen LogP contribution in [0.1, 0.15) is 78.1 Å². The van der Waals surface area contributed by atoms with Crippen LogP contribution in [0.2, 0.25) is 0 Å². The fourth-order valence-electron chi connectivity index (χ4n) is 3.99. The Labute approximate surface area is 114 Å². The molecule has 1 heteroatoms. The molecule has 2 fully saturated rings. The van der Waals surface area contributed by atoms with Gasteiger partial charge >= 0.3 is 0 Å². The average Bonchev–Trinajstić information content (AvgIpc) is 2.88. The first-order valence-electron chi connectivity index (χ1n) is 8.49. The van der Waals surface area contributed by atoms with E-state index in [0.717, 1.165) is 23.8 Å². The summed E-state index contributed by atoms with van der Waals surface area (Å²) in [6.45, 7) is 6.05. The number of hydrogen-bond donors (Lipinski definition) is 1. The molecule has 0 atom stereocenters. The van der Waals surface area contributed by atoms with Gasteiger partial charge in [-0.05, 0) is 62.8 Å². The van der Waals surface area contributed by atoms with E-state index in [-0.39, 0.29) is 0 Å². The lowest BCUT2D eigenvalue weighted by molar-refractivity contribution is 0.238. The first kappa shape index (κ1) is 14.4. The van der Waals surface area contributed by atoms with Gasteiger partial charge in [0.25, 0.3) is 0 Å². The molecule has 2 aliphatic rings. The molecule has 0 spiro atoms. The van der Waals surface area contributed by atoms with Crippen molar-refractivity contribution in [2.75, 3.05) is 6.54 Å². The highest BCUT2D eigenvalue weighted by Crippen LogP contribution is 2.30. The molecular weight excluding hydrogens is 218 g/mol. The average molecular weight is 251 g/mol. The van der Waals surface area contributed by atoms with Gasteiger partial charge in [0.15, 0.2) is 0 Å². The van der Waals surface area contributed by atoms with E-state index >= 15 is 0 Å². The van der Waals surface area contributed by atoms with Crippen LogP contribution < -0.4 is 5.32 Å². The first-order valence-corrected chi connectivity index (χ1v) is 8.49. The van der Waals surface area contributed by atoms with E-state index in [4.69, 9.17) is 0 Å². The molecule has 0 unspecified atom stereocenters. The lowest BCUT2D eigenvalue weighted by atomic mass is 9.80. The van der Waals surface area contributed by atoms with Gasteiger partial charge in [-0.15, -0.1) is 0 Å². The van der Waals surface area contributed by atoms with Crippen LogP contribution in [-0.4, -0.2) is 12.6 Å². The molecule has 2 rings (SSSR count). The summed E-state index contributed by atoms with van der Waals surface area (Å²) < 4.78 is 0. The van der Waals surface area contributed by atoms with Gasteiger partial charge in [0.1, 0.15) is 0 Å². The molecule has 0 aromatic heterocycles. The lowest BCUT2D eigenvalue weighted by Gasteiger charge is -2.31. The van der Waals surface area contributed by atoms with E-state index < -0.39 is 0 Å². The van der Waals surface area contributed by atoms with Crippen LogP contribution >= 0.6 is 0 Å². The molecular formula is C17H33N. The minimum absolute atomic E-state index is 0.837. The predicted octanol–water partition coefficient (Wildman–Crippen LogP) is 4.76. The zero-order chi connectivity index (χ0) is 12.8. The molecule has 2 aliphatic carbocycles. The largest absolute Gasteiger partial charge is 0.314 e. The van der Waals surface area contributed by atoms with Crippen molar-refractivity contribution in [3.05, 3.63) is 0 Å². The summed E-state index contributed by atoms with van der Waals surface area (Å²) in [5.41, 5.74) is 0.